The van der Waals surface area contributed by atoms with Gasteiger partial charge in [0.05, 0.1) is 11.5 Å². The molecule has 1 amide bonds. The number of rotatable bonds is 2. The van der Waals surface area contributed by atoms with Gasteiger partial charge in [-0.3, -0.25) is 4.79 Å². The van der Waals surface area contributed by atoms with Gasteiger partial charge in [-0.2, -0.15) is 13.2 Å². The van der Waals surface area contributed by atoms with Gasteiger partial charge in [-0.1, -0.05) is 18.6 Å². The minimum atomic E-state index is -4.23. The number of nitrogens with one attached hydrogen (secondary N) is 1. The third-order valence-electron chi connectivity index (χ3n) is 3.59. The van der Waals surface area contributed by atoms with Crippen LogP contribution in [0.2, 0.25) is 0 Å². The molecule has 20 heavy (non-hydrogen) atoms. The van der Waals surface area contributed by atoms with Crippen LogP contribution in [0.25, 0.3) is 0 Å². The van der Waals surface area contributed by atoms with Crippen molar-refractivity contribution in [3.8, 4) is 0 Å². The molecule has 1 saturated carbocycles. The highest BCUT2D eigenvalue weighted by Gasteiger charge is 2.42. The Morgan fingerprint density at radius 2 is 1.90 bits per heavy atom. The SMILES string of the molecule is O=C(NC1CCCC(C(F)(F)F)C1)c1ccccc1F. The highest BCUT2D eigenvalue weighted by molar-refractivity contribution is 5.94. The van der Waals surface area contributed by atoms with Crippen molar-refractivity contribution >= 4 is 5.91 Å². The molecule has 2 nitrogen and oxygen atoms in total. The predicted octanol–water partition coefficient (Wildman–Crippen LogP) is 3.68. The summed E-state index contributed by atoms with van der Waals surface area (Å²) >= 11 is 0. The maximum absolute atomic E-state index is 13.4. The van der Waals surface area contributed by atoms with Crippen molar-refractivity contribution in [1.82, 2.24) is 5.32 Å². The fourth-order valence-electron chi connectivity index (χ4n) is 2.53. The summed E-state index contributed by atoms with van der Waals surface area (Å²) < 4.78 is 51.4. The van der Waals surface area contributed by atoms with Crippen LogP contribution >= 0.6 is 0 Å². The van der Waals surface area contributed by atoms with Crippen LogP contribution < -0.4 is 5.32 Å². The van der Waals surface area contributed by atoms with Crippen LogP contribution in [0, 0.1) is 11.7 Å². The minimum absolute atomic E-state index is 0.0928. The van der Waals surface area contributed by atoms with Crippen LogP contribution in [0.1, 0.15) is 36.0 Å². The fraction of sp³-hybridized carbons (Fsp3) is 0.500. The Balaban J connectivity index is 2.00. The molecule has 0 heterocycles. The molecule has 0 spiro atoms. The van der Waals surface area contributed by atoms with E-state index in [2.05, 4.69) is 5.32 Å². The van der Waals surface area contributed by atoms with E-state index < -0.39 is 29.9 Å². The summed E-state index contributed by atoms with van der Waals surface area (Å²) in [6.45, 7) is 0. The van der Waals surface area contributed by atoms with Gasteiger partial charge in [0.1, 0.15) is 5.82 Å². The van der Waals surface area contributed by atoms with Crippen LogP contribution in [0.3, 0.4) is 0 Å². The van der Waals surface area contributed by atoms with E-state index in [0.717, 1.165) is 6.07 Å². The zero-order chi connectivity index (χ0) is 14.8. The van der Waals surface area contributed by atoms with Crippen molar-refractivity contribution in [3.05, 3.63) is 35.6 Å². The monoisotopic (exact) mass is 289 g/mol. The van der Waals surface area contributed by atoms with E-state index in [1.54, 1.807) is 0 Å². The van der Waals surface area contributed by atoms with Crippen molar-refractivity contribution in [3.63, 3.8) is 0 Å². The lowest BCUT2D eigenvalue weighted by Crippen LogP contribution is -2.41. The van der Waals surface area contributed by atoms with Crippen molar-refractivity contribution in [2.45, 2.75) is 37.9 Å². The van der Waals surface area contributed by atoms with Crippen LogP contribution in [-0.2, 0) is 0 Å². The molecule has 0 radical (unpaired) electrons. The van der Waals surface area contributed by atoms with Crippen LogP contribution in [-0.4, -0.2) is 18.1 Å². The lowest BCUT2D eigenvalue weighted by molar-refractivity contribution is -0.183. The molecule has 1 aliphatic rings. The first kappa shape index (κ1) is 14.8. The molecule has 2 atom stereocenters. The molecule has 1 aromatic carbocycles. The van der Waals surface area contributed by atoms with E-state index in [4.69, 9.17) is 0 Å². The molecule has 6 heteroatoms. The Hall–Kier alpha value is -1.59. The summed E-state index contributed by atoms with van der Waals surface area (Å²) in [4.78, 5) is 11.9. The number of carbonyl (C=O) groups is 1. The molecular weight excluding hydrogens is 274 g/mol. The average Bonchev–Trinajstić information content (AvgIpc) is 2.38. The van der Waals surface area contributed by atoms with E-state index in [1.807, 2.05) is 0 Å². The van der Waals surface area contributed by atoms with E-state index in [-0.39, 0.29) is 18.4 Å². The molecule has 2 rings (SSSR count). The molecule has 0 aliphatic heterocycles. The number of benzene rings is 1. The number of amides is 1. The van der Waals surface area contributed by atoms with Gasteiger partial charge in [-0.25, -0.2) is 4.39 Å². The largest absolute Gasteiger partial charge is 0.391 e. The minimum Gasteiger partial charge on any atom is -0.349 e. The van der Waals surface area contributed by atoms with Crippen molar-refractivity contribution in [2.75, 3.05) is 0 Å². The summed E-state index contributed by atoms with van der Waals surface area (Å²) in [5.41, 5.74) is -0.137. The van der Waals surface area contributed by atoms with Crippen molar-refractivity contribution in [2.24, 2.45) is 5.92 Å². The van der Waals surface area contributed by atoms with Gasteiger partial charge in [0.15, 0.2) is 0 Å². The normalized spacial score (nSPS) is 23.4. The van der Waals surface area contributed by atoms with Gasteiger partial charge >= 0.3 is 6.18 Å². The first-order valence-electron chi connectivity index (χ1n) is 6.50. The lowest BCUT2D eigenvalue weighted by atomic mass is 9.85. The summed E-state index contributed by atoms with van der Waals surface area (Å²) in [7, 11) is 0. The lowest BCUT2D eigenvalue weighted by Gasteiger charge is -2.31. The molecule has 0 bridgehead atoms. The third kappa shape index (κ3) is 3.49. The summed E-state index contributed by atoms with van der Waals surface area (Å²) in [6.07, 6.45) is -3.38. The Bertz CT molecular complexity index is 486. The van der Waals surface area contributed by atoms with Gasteiger partial charge in [-0.05, 0) is 31.4 Å². The standard InChI is InChI=1S/C14H15F4NO/c15-12-7-2-1-6-11(12)13(20)19-10-5-3-4-9(8-10)14(16,17)18/h1-2,6-7,9-10H,3-5,8H2,(H,19,20). The molecule has 110 valence electrons. The molecule has 0 aromatic heterocycles. The first-order valence-corrected chi connectivity index (χ1v) is 6.50. The molecule has 2 unspecified atom stereocenters. The maximum atomic E-state index is 13.4. The molecule has 1 fully saturated rings. The highest BCUT2D eigenvalue weighted by Crippen LogP contribution is 2.37. The average molecular weight is 289 g/mol. The number of alkyl halides is 3. The van der Waals surface area contributed by atoms with E-state index in [9.17, 15) is 22.4 Å². The van der Waals surface area contributed by atoms with Crippen molar-refractivity contribution in [1.29, 1.82) is 0 Å². The van der Waals surface area contributed by atoms with Crippen LogP contribution in [0.5, 0.6) is 0 Å². The highest BCUT2D eigenvalue weighted by atomic mass is 19.4. The molecule has 1 N–H and O–H groups in total. The zero-order valence-electron chi connectivity index (χ0n) is 10.7. The maximum Gasteiger partial charge on any atom is 0.391 e. The topological polar surface area (TPSA) is 29.1 Å². The Morgan fingerprint density at radius 1 is 1.20 bits per heavy atom. The van der Waals surface area contributed by atoms with Gasteiger partial charge in [-0.15, -0.1) is 0 Å². The second-order valence-electron chi connectivity index (χ2n) is 5.06. The first-order chi connectivity index (χ1) is 9.38. The van der Waals surface area contributed by atoms with Gasteiger partial charge in [0.25, 0.3) is 5.91 Å². The number of halogens is 4. The molecular formula is C14H15F4NO. The Morgan fingerprint density at radius 3 is 2.55 bits per heavy atom. The summed E-state index contributed by atoms with van der Waals surface area (Å²) in [5.74, 6) is -2.72. The summed E-state index contributed by atoms with van der Waals surface area (Å²) in [5, 5.41) is 2.50. The van der Waals surface area contributed by atoms with Crippen LogP contribution in [0.4, 0.5) is 17.6 Å². The number of carbonyl (C=O) groups excluding carboxylic acids is 1. The fourth-order valence-corrected chi connectivity index (χ4v) is 2.53. The molecule has 1 aliphatic carbocycles. The quantitative estimate of drug-likeness (QED) is 0.827. The predicted molar refractivity (Wildman–Crippen MR) is 65.7 cm³/mol. The van der Waals surface area contributed by atoms with Crippen molar-refractivity contribution < 1.29 is 22.4 Å². The second-order valence-corrected chi connectivity index (χ2v) is 5.06. The van der Waals surface area contributed by atoms with Gasteiger partial charge < -0.3 is 5.32 Å². The third-order valence-corrected chi connectivity index (χ3v) is 3.59. The van der Waals surface area contributed by atoms with Gasteiger partial charge in [0, 0.05) is 6.04 Å². The number of hydrogen-bond donors (Lipinski definition) is 1. The summed E-state index contributed by atoms with van der Waals surface area (Å²) in [6, 6.07) is 4.87. The van der Waals surface area contributed by atoms with Gasteiger partial charge in [0.2, 0.25) is 0 Å². The number of hydrogen-bond acceptors (Lipinski definition) is 1. The van der Waals surface area contributed by atoms with E-state index in [0.29, 0.717) is 12.8 Å². The van der Waals surface area contributed by atoms with Crippen LogP contribution in [0.15, 0.2) is 24.3 Å². The molecule has 0 saturated heterocycles. The Kier molecular flexibility index (Phi) is 4.30. The van der Waals surface area contributed by atoms with E-state index >= 15 is 0 Å². The second kappa shape index (κ2) is 5.81. The molecule has 1 aromatic rings. The zero-order valence-corrected chi connectivity index (χ0v) is 10.7. The smallest absolute Gasteiger partial charge is 0.349 e. The van der Waals surface area contributed by atoms with E-state index in [1.165, 1.54) is 18.2 Å². The Labute approximate surface area is 114 Å².